The van der Waals surface area contributed by atoms with Gasteiger partial charge in [0, 0.05) is 24.7 Å². The molecule has 0 aliphatic carbocycles. The van der Waals surface area contributed by atoms with Gasteiger partial charge in [-0.3, -0.25) is 0 Å². The first-order valence-electron chi connectivity index (χ1n) is 9.93. The van der Waals surface area contributed by atoms with Crippen molar-refractivity contribution in [2.24, 2.45) is 0 Å². The van der Waals surface area contributed by atoms with Crippen molar-refractivity contribution in [3.8, 4) is 11.4 Å². The Labute approximate surface area is 180 Å². The van der Waals surface area contributed by atoms with Gasteiger partial charge in [0.05, 0.1) is 30.6 Å². The minimum absolute atomic E-state index is 0.281. The van der Waals surface area contributed by atoms with Gasteiger partial charge in [-0.15, -0.1) is 0 Å². The van der Waals surface area contributed by atoms with E-state index in [1.54, 1.807) is 14.2 Å². The Hall–Kier alpha value is -3.84. The molecule has 31 heavy (non-hydrogen) atoms. The fraction of sp³-hybridized carbons (Fsp3) is 0.167. The fourth-order valence-corrected chi connectivity index (χ4v) is 3.40. The van der Waals surface area contributed by atoms with Gasteiger partial charge in [0.25, 0.3) is 0 Å². The number of para-hydroxylation sites is 1. The molecular weight excluding hydrogens is 392 g/mol. The van der Waals surface area contributed by atoms with E-state index in [0.717, 1.165) is 27.9 Å². The second kappa shape index (κ2) is 9.32. The van der Waals surface area contributed by atoms with Gasteiger partial charge < -0.3 is 20.1 Å². The van der Waals surface area contributed by atoms with Crippen molar-refractivity contribution in [1.82, 2.24) is 15.1 Å². The number of carbonyl (C=O) groups is 1. The molecule has 2 amide bonds. The van der Waals surface area contributed by atoms with Gasteiger partial charge >= 0.3 is 6.03 Å². The summed E-state index contributed by atoms with van der Waals surface area (Å²) in [5.74, 6) is 0.744. The summed E-state index contributed by atoms with van der Waals surface area (Å²) in [5, 5.41) is 11.2. The van der Waals surface area contributed by atoms with E-state index in [0.29, 0.717) is 12.2 Å². The third kappa shape index (κ3) is 4.67. The quantitative estimate of drug-likeness (QED) is 0.464. The highest BCUT2D eigenvalue weighted by Crippen LogP contribution is 2.22. The summed E-state index contributed by atoms with van der Waals surface area (Å²) < 4.78 is 12.6. The maximum Gasteiger partial charge on any atom is 0.319 e. The Balaban J connectivity index is 1.37. The number of benzene rings is 3. The number of ether oxygens (including phenoxy) is 2. The summed E-state index contributed by atoms with van der Waals surface area (Å²) >= 11 is 0. The Kier molecular flexibility index (Phi) is 6.14. The number of urea groups is 1. The second-order valence-electron chi connectivity index (χ2n) is 7.00. The molecule has 0 saturated carbocycles. The number of nitrogens with one attached hydrogen (secondary N) is 2. The van der Waals surface area contributed by atoms with Gasteiger partial charge in [0.15, 0.2) is 0 Å². The molecule has 3 aromatic carbocycles. The molecule has 7 nitrogen and oxygen atoms in total. The number of aromatic nitrogens is 2. The van der Waals surface area contributed by atoms with E-state index in [1.165, 1.54) is 0 Å². The summed E-state index contributed by atoms with van der Waals surface area (Å²) in [6.45, 7) is 0.326. The van der Waals surface area contributed by atoms with Crippen LogP contribution >= 0.6 is 0 Å². The summed E-state index contributed by atoms with van der Waals surface area (Å²) in [4.78, 5) is 12.4. The number of rotatable bonds is 7. The zero-order chi connectivity index (χ0) is 21.6. The number of nitrogens with zero attached hydrogens (tertiary/aromatic N) is 2. The summed E-state index contributed by atoms with van der Waals surface area (Å²) in [6, 6.07) is 22.9. The van der Waals surface area contributed by atoms with E-state index in [4.69, 9.17) is 9.47 Å². The molecule has 0 fully saturated rings. The molecule has 1 unspecified atom stereocenters. The van der Waals surface area contributed by atoms with Crippen molar-refractivity contribution in [3.05, 3.63) is 84.6 Å². The van der Waals surface area contributed by atoms with Crippen LogP contribution in [0.5, 0.6) is 5.75 Å². The first-order valence-corrected chi connectivity index (χ1v) is 9.93. The topological polar surface area (TPSA) is 77.4 Å². The maximum absolute atomic E-state index is 12.4. The molecule has 4 aromatic rings. The van der Waals surface area contributed by atoms with Crippen LogP contribution < -0.4 is 15.4 Å². The maximum atomic E-state index is 12.4. The van der Waals surface area contributed by atoms with Crippen LogP contribution in [0.25, 0.3) is 16.6 Å². The molecule has 158 valence electrons. The summed E-state index contributed by atoms with van der Waals surface area (Å²) in [6.07, 6.45) is 1.56. The fourth-order valence-electron chi connectivity index (χ4n) is 3.40. The van der Waals surface area contributed by atoms with Crippen molar-refractivity contribution in [2.45, 2.75) is 6.10 Å². The monoisotopic (exact) mass is 416 g/mol. The van der Waals surface area contributed by atoms with Gasteiger partial charge in [-0.25, -0.2) is 9.48 Å². The number of hydrogen-bond acceptors (Lipinski definition) is 4. The number of anilines is 1. The van der Waals surface area contributed by atoms with Crippen LogP contribution in [0.2, 0.25) is 0 Å². The van der Waals surface area contributed by atoms with E-state index in [9.17, 15) is 4.79 Å². The van der Waals surface area contributed by atoms with Gasteiger partial charge in [0.2, 0.25) is 0 Å². The molecule has 0 aliphatic rings. The van der Waals surface area contributed by atoms with E-state index in [-0.39, 0.29) is 12.1 Å². The number of fused-ring (bicyclic) bond motifs is 1. The number of carbonyl (C=O) groups excluding carboxylic acids is 1. The highest BCUT2D eigenvalue weighted by atomic mass is 16.5. The Morgan fingerprint density at radius 3 is 2.61 bits per heavy atom. The lowest BCUT2D eigenvalue weighted by Gasteiger charge is -2.17. The largest absolute Gasteiger partial charge is 0.497 e. The van der Waals surface area contributed by atoms with Crippen LogP contribution in [-0.4, -0.2) is 36.6 Å². The highest BCUT2D eigenvalue weighted by Gasteiger charge is 2.13. The average molecular weight is 416 g/mol. The molecule has 7 heteroatoms. The molecule has 0 aliphatic heterocycles. The minimum atomic E-state index is -0.303. The molecule has 1 atom stereocenters. The smallest absolute Gasteiger partial charge is 0.319 e. The molecule has 0 radical (unpaired) electrons. The number of amides is 2. The summed E-state index contributed by atoms with van der Waals surface area (Å²) in [5.41, 5.74) is 3.57. The lowest BCUT2D eigenvalue weighted by molar-refractivity contribution is 0.104. The van der Waals surface area contributed by atoms with Crippen molar-refractivity contribution in [2.75, 3.05) is 26.1 Å². The molecule has 0 spiro atoms. The van der Waals surface area contributed by atoms with Crippen molar-refractivity contribution < 1.29 is 14.3 Å². The van der Waals surface area contributed by atoms with Crippen molar-refractivity contribution >= 4 is 22.6 Å². The lowest BCUT2D eigenvalue weighted by atomic mass is 10.1. The van der Waals surface area contributed by atoms with Crippen LogP contribution in [0.15, 0.2) is 79.0 Å². The SMILES string of the molecule is COc1cccc(C(CNC(=O)Nc2ccc(-n3ncc4ccccc43)cc2)OC)c1. The normalized spacial score (nSPS) is 11.8. The van der Waals surface area contributed by atoms with Crippen LogP contribution in [0.3, 0.4) is 0 Å². The third-order valence-corrected chi connectivity index (χ3v) is 5.05. The van der Waals surface area contributed by atoms with Crippen molar-refractivity contribution in [3.63, 3.8) is 0 Å². The first kappa shape index (κ1) is 20.4. The molecule has 1 heterocycles. The molecule has 2 N–H and O–H groups in total. The van der Waals surface area contributed by atoms with Crippen LogP contribution in [0, 0.1) is 0 Å². The Bertz CT molecular complexity index is 1170. The molecule has 4 rings (SSSR count). The third-order valence-electron chi connectivity index (χ3n) is 5.05. The van der Waals surface area contributed by atoms with Gasteiger partial charge in [0.1, 0.15) is 5.75 Å². The first-order chi connectivity index (χ1) is 15.2. The highest BCUT2D eigenvalue weighted by molar-refractivity contribution is 5.89. The van der Waals surface area contributed by atoms with E-state index in [1.807, 2.05) is 83.7 Å². The van der Waals surface area contributed by atoms with Gasteiger partial charge in [-0.05, 0) is 48.0 Å². The minimum Gasteiger partial charge on any atom is -0.497 e. The van der Waals surface area contributed by atoms with Crippen LogP contribution in [0.1, 0.15) is 11.7 Å². The molecule has 0 bridgehead atoms. The van der Waals surface area contributed by atoms with E-state index < -0.39 is 0 Å². The predicted octanol–water partition coefficient (Wildman–Crippen LogP) is 4.54. The average Bonchev–Trinajstić information content (AvgIpc) is 3.24. The van der Waals surface area contributed by atoms with Crippen LogP contribution in [-0.2, 0) is 4.74 Å². The second-order valence-corrected chi connectivity index (χ2v) is 7.00. The Morgan fingerprint density at radius 1 is 1.03 bits per heavy atom. The lowest BCUT2D eigenvalue weighted by Crippen LogP contribution is -2.32. The molecule has 0 saturated heterocycles. The predicted molar refractivity (Wildman–Crippen MR) is 121 cm³/mol. The zero-order valence-corrected chi connectivity index (χ0v) is 17.4. The summed E-state index contributed by atoms with van der Waals surface area (Å²) in [7, 11) is 3.23. The van der Waals surface area contributed by atoms with Gasteiger partial charge in [-0.1, -0.05) is 30.3 Å². The van der Waals surface area contributed by atoms with Crippen molar-refractivity contribution in [1.29, 1.82) is 0 Å². The Morgan fingerprint density at radius 2 is 1.84 bits per heavy atom. The van der Waals surface area contributed by atoms with Crippen LogP contribution in [0.4, 0.5) is 10.5 Å². The van der Waals surface area contributed by atoms with E-state index in [2.05, 4.69) is 15.7 Å². The van der Waals surface area contributed by atoms with Gasteiger partial charge in [-0.2, -0.15) is 5.10 Å². The molecule has 1 aromatic heterocycles. The standard InChI is InChI=1S/C24H24N4O3/c1-30-21-8-5-7-17(14-21)23(31-2)16-25-24(29)27-19-10-12-20(13-11-19)28-22-9-4-3-6-18(22)15-26-28/h3-15,23H,16H2,1-2H3,(H2,25,27,29). The number of hydrogen-bond donors (Lipinski definition) is 2. The zero-order valence-electron chi connectivity index (χ0n) is 17.4. The van der Waals surface area contributed by atoms with E-state index >= 15 is 0 Å². The molecular formula is C24H24N4O3. The number of methoxy groups -OCH3 is 2.